The number of rotatable bonds is 6. The van der Waals surface area contributed by atoms with Crippen molar-refractivity contribution in [2.45, 2.75) is 12.5 Å². The molecule has 0 spiro atoms. The molecule has 0 bridgehead atoms. The Morgan fingerprint density at radius 2 is 1.45 bits per heavy atom. The van der Waals surface area contributed by atoms with Crippen molar-refractivity contribution in [3.8, 4) is 11.5 Å². The first kappa shape index (κ1) is 14.4. The molecule has 2 aromatic carbocycles. The summed E-state index contributed by atoms with van der Waals surface area (Å²) in [5, 5.41) is 27.1. The van der Waals surface area contributed by atoms with Crippen molar-refractivity contribution in [2.24, 2.45) is 0 Å². The second-order valence-corrected chi connectivity index (χ2v) is 4.63. The SMILES string of the molecule is OCC(O)COc1ccc(Cc2ccc(O)cc2)cc1. The molecule has 106 valence electrons. The summed E-state index contributed by atoms with van der Waals surface area (Å²) in [5.41, 5.74) is 2.25. The zero-order valence-corrected chi connectivity index (χ0v) is 11.1. The van der Waals surface area contributed by atoms with E-state index < -0.39 is 6.10 Å². The molecule has 1 atom stereocenters. The van der Waals surface area contributed by atoms with Crippen LogP contribution in [-0.4, -0.2) is 34.6 Å². The monoisotopic (exact) mass is 274 g/mol. The molecule has 0 radical (unpaired) electrons. The summed E-state index contributed by atoms with van der Waals surface area (Å²) in [4.78, 5) is 0. The van der Waals surface area contributed by atoms with Gasteiger partial charge in [0, 0.05) is 0 Å². The minimum absolute atomic E-state index is 0.0772. The maximum Gasteiger partial charge on any atom is 0.119 e. The number of hydrogen-bond acceptors (Lipinski definition) is 4. The Kier molecular flexibility index (Phi) is 4.98. The molecule has 0 heterocycles. The van der Waals surface area contributed by atoms with Crippen LogP contribution in [0.2, 0.25) is 0 Å². The minimum Gasteiger partial charge on any atom is -0.508 e. The fourth-order valence-electron chi connectivity index (χ4n) is 1.80. The average molecular weight is 274 g/mol. The van der Waals surface area contributed by atoms with Crippen LogP contribution in [0.15, 0.2) is 48.5 Å². The molecule has 0 aliphatic carbocycles. The molecule has 2 aromatic rings. The quantitative estimate of drug-likeness (QED) is 0.750. The molecule has 3 N–H and O–H groups in total. The number of phenols is 1. The molecular formula is C16H18O4. The van der Waals surface area contributed by atoms with Crippen molar-refractivity contribution in [1.29, 1.82) is 0 Å². The van der Waals surface area contributed by atoms with Crippen LogP contribution in [0.25, 0.3) is 0 Å². The molecule has 4 heteroatoms. The standard InChI is InChI=1S/C16H18O4/c17-10-15(19)11-20-16-7-3-13(4-8-16)9-12-1-5-14(18)6-2-12/h1-8,15,17-19H,9-11H2. The highest BCUT2D eigenvalue weighted by atomic mass is 16.5. The van der Waals surface area contributed by atoms with Crippen molar-refractivity contribution >= 4 is 0 Å². The summed E-state index contributed by atoms with van der Waals surface area (Å²) in [5.74, 6) is 0.923. The molecule has 0 saturated carbocycles. The third-order valence-electron chi connectivity index (χ3n) is 2.92. The van der Waals surface area contributed by atoms with Gasteiger partial charge in [-0.05, 0) is 41.8 Å². The number of benzene rings is 2. The minimum atomic E-state index is -0.855. The van der Waals surface area contributed by atoms with Crippen LogP contribution in [0.3, 0.4) is 0 Å². The summed E-state index contributed by atoms with van der Waals surface area (Å²) in [6.45, 7) is -0.229. The second kappa shape index (κ2) is 6.93. The zero-order valence-electron chi connectivity index (χ0n) is 11.1. The van der Waals surface area contributed by atoms with E-state index in [1.54, 1.807) is 12.1 Å². The highest BCUT2D eigenvalue weighted by Gasteiger charge is 2.03. The Bertz CT molecular complexity index is 519. The van der Waals surface area contributed by atoms with Gasteiger partial charge in [-0.3, -0.25) is 0 Å². The van der Waals surface area contributed by atoms with Crippen LogP contribution < -0.4 is 4.74 Å². The predicted molar refractivity (Wildman–Crippen MR) is 75.9 cm³/mol. The molecule has 0 saturated heterocycles. The molecule has 2 rings (SSSR count). The lowest BCUT2D eigenvalue weighted by Gasteiger charge is -2.10. The normalized spacial score (nSPS) is 12.1. The lowest BCUT2D eigenvalue weighted by atomic mass is 10.0. The molecule has 1 unspecified atom stereocenters. The van der Waals surface area contributed by atoms with Gasteiger partial charge < -0.3 is 20.1 Å². The van der Waals surface area contributed by atoms with Crippen molar-refractivity contribution in [3.63, 3.8) is 0 Å². The van der Waals surface area contributed by atoms with E-state index in [-0.39, 0.29) is 19.0 Å². The summed E-state index contributed by atoms with van der Waals surface area (Å²) in [7, 11) is 0. The Morgan fingerprint density at radius 3 is 2.00 bits per heavy atom. The van der Waals surface area contributed by atoms with Gasteiger partial charge in [0.15, 0.2) is 0 Å². The predicted octanol–water partition coefficient (Wildman–Crippen LogP) is 1.71. The van der Waals surface area contributed by atoms with E-state index >= 15 is 0 Å². The van der Waals surface area contributed by atoms with Gasteiger partial charge in [-0.15, -0.1) is 0 Å². The smallest absolute Gasteiger partial charge is 0.119 e. The lowest BCUT2D eigenvalue weighted by molar-refractivity contribution is 0.0536. The molecule has 4 nitrogen and oxygen atoms in total. The summed E-state index contributed by atoms with van der Waals surface area (Å²) >= 11 is 0. The number of aliphatic hydroxyl groups is 2. The lowest BCUT2D eigenvalue weighted by Crippen LogP contribution is -2.21. The van der Waals surface area contributed by atoms with E-state index in [0.29, 0.717) is 5.75 Å². The first-order valence-electron chi connectivity index (χ1n) is 6.46. The first-order valence-corrected chi connectivity index (χ1v) is 6.46. The molecule has 0 amide bonds. The van der Waals surface area contributed by atoms with Crippen LogP contribution in [0.1, 0.15) is 11.1 Å². The zero-order chi connectivity index (χ0) is 14.4. The third kappa shape index (κ3) is 4.26. The molecule has 20 heavy (non-hydrogen) atoms. The molecular weight excluding hydrogens is 256 g/mol. The largest absolute Gasteiger partial charge is 0.508 e. The van der Waals surface area contributed by atoms with E-state index in [9.17, 15) is 10.2 Å². The van der Waals surface area contributed by atoms with Crippen molar-refractivity contribution in [1.82, 2.24) is 0 Å². The molecule has 0 aromatic heterocycles. The average Bonchev–Trinajstić information content (AvgIpc) is 2.48. The van der Waals surface area contributed by atoms with E-state index in [0.717, 1.165) is 17.5 Å². The van der Waals surface area contributed by atoms with Crippen molar-refractivity contribution in [2.75, 3.05) is 13.2 Å². The van der Waals surface area contributed by atoms with Crippen LogP contribution in [0, 0.1) is 0 Å². The number of phenolic OH excluding ortho intramolecular Hbond substituents is 1. The van der Waals surface area contributed by atoms with Gasteiger partial charge in [0.05, 0.1) is 6.61 Å². The summed E-state index contributed by atoms with van der Waals surface area (Å²) in [6.07, 6.45) is -0.0773. The highest BCUT2D eigenvalue weighted by Crippen LogP contribution is 2.17. The summed E-state index contributed by atoms with van der Waals surface area (Å²) in [6, 6.07) is 14.7. The van der Waals surface area contributed by atoms with Crippen LogP contribution in [0.5, 0.6) is 11.5 Å². The Hall–Kier alpha value is -2.04. The fourth-order valence-corrected chi connectivity index (χ4v) is 1.80. The number of aromatic hydroxyl groups is 1. The number of ether oxygens (including phenoxy) is 1. The van der Waals surface area contributed by atoms with Gasteiger partial charge in [0.2, 0.25) is 0 Å². The fraction of sp³-hybridized carbons (Fsp3) is 0.250. The number of aliphatic hydroxyl groups excluding tert-OH is 2. The molecule has 0 aliphatic rings. The molecule has 0 fully saturated rings. The first-order chi connectivity index (χ1) is 9.67. The Balaban J connectivity index is 1.92. The van der Waals surface area contributed by atoms with Gasteiger partial charge in [-0.2, -0.15) is 0 Å². The second-order valence-electron chi connectivity index (χ2n) is 4.63. The Morgan fingerprint density at radius 1 is 0.900 bits per heavy atom. The van der Waals surface area contributed by atoms with Crippen molar-refractivity contribution < 1.29 is 20.1 Å². The number of hydrogen-bond donors (Lipinski definition) is 3. The van der Waals surface area contributed by atoms with Gasteiger partial charge in [0.1, 0.15) is 24.2 Å². The maximum atomic E-state index is 9.23. The van der Waals surface area contributed by atoms with E-state index in [1.807, 2.05) is 36.4 Å². The maximum absolute atomic E-state index is 9.23. The van der Waals surface area contributed by atoms with E-state index in [1.165, 1.54) is 0 Å². The highest BCUT2D eigenvalue weighted by molar-refractivity contribution is 5.33. The van der Waals surface area contributed by atoms with Crippen LogP contribution in [0.4, 0.5) is 0 Å². The van der Waals surface area contributed by atoms with Crippen molar-refractivity contribution in [3.05, 3.63) is 59.7 Å². The van der Waals surface area contributed by atoms with E-state index in [4.69, 9.17) is 9.84 Å². The van der Waals surface area contributed by atoms with Gasteiger partial charge in [-0.1, -0.05) is 24.3 Å². The van der Waals surface area contributed by atoms with Gasteiger partial charge in [0.25, 0.3) is 0 Å². The van der Waals surface area contributed by atoms with Gasteiger partial charge >= 0.3 is 0 Å². The third-order valence-corrected chi connectivity index (χ3v) is 2.92. The topological polar surface area (TPSA) is 69.9 Å². The molecule has 0 aliphatic heterocycles. The van der Waals surface area contributed by atoms with Crippen LogP contribution in [-0.2, 0) is 6.42 Å². The van der Waals surface area contributed by atoms with E-state index in [2.05, 4.69) is 0 Å². The van der Waals surface area contributed by atoms with Crippen LogP contribution >= 0.6 is 0 Å². The summed E-state index contributed by atoms with van der Waals surface area (Å²) < 4.78 is 5.34. The van der Waals surface area contributed by atoms with Gasteiger partial charge in [-0.25, -0.2) is 0 Å². The Labute approximate surface area is 117 Å².